The lowest BCUT2D eigenvalue weighted by Crippen LogP contribution is -2.25. The monoisotopic (exact) mass is 1870 g/mol. The van der Waals surface area contributed by atoms with Crippen molar-refractivity contribution in [3.05, 3.63) is 195 Å². The van der Waals surface area contributed by atoms with Crippen LogP contribution in [0, 0.1) is 0 Å². The molecule has 7 heterocycles. The molecule has 0 spiro atoms. The number of benzene rings is 3. The highest BCUT2D eigenvalue weighted by atomic mass is 127. The predicted molar refractivity (Wildman–Crippen MR) is 429 cm³/mol. The number of alkyl halides is 4. The van der Waals surface area contributed by atoms with Gasteiger partial charge in [0, 0.05) is 101 Å². The number of aromatic nitrogens is 10. The molecule has 20 nitrogen and oxygen atoms in total. The Hall–Kier alpha value is -4.51. The highest BCUT2D eigenvalue weighted by Gasteiger charge is 2.32. The zero-order valence-corrected chi connectivity index (χ0v) is 66.7. The van der Waals surface area contributed by atoms with Crippen LogP contribution in [0.5, 0.6) is 17.6 Å². The molecule has 3 fully saturated rings. The van der Waals surface area contributed by atoms with Gasteiger partial charge in [-0.1, -0.05) is 135 Å². The fourth-order valence-corrected chi connectivity index (χ4v) is 12.4. The van der Waals surface area contributed by atoms with Crippen molar-refractivity contribution in [2.24, 2.45) is 0 Å². The molecule has 98 heavy (non-hydrogen) atoms. The van der Waals surface area contributed by atoms with Gasteiger partial charge in [0.2, 0.25) is 41.2 Å². The predicted octanol–water partition coefficient (Wildman–Crippen LogP) is 18.3. The van der Waals surface area contributed by atoms with Crippen LogP contribution in [-0.4, -0.2) is 106 Å². The summed E-state index contributed by atoms with van der Waals surface area (Å²) < 4.78 is 34.1. The van der Waals surface area contributed by atoms with Crippen molar-refractivity contribution in [2.45, 2.75) is 166 Å². The first kappa shape index (κ1) is 82.4. The van der Waals surface area contributed by atoms with Crippen molar-refractivity contribution in [1.29, 1.82) is 0 Å². The minimum atomic E-state index is 0. The van der Waals surface area contributed by atoms with E-state index in [1.807, 2.05) is 99.0 Å². The summed E-state index contributed by atoms with van der Waals surface area (Å²) in [5.41, 5.74) is 17.6. The van der Waals surface area contributed by atoms with Crippen LogP contribution in [0.4, 0.5) is 11.4 Å². The number of fused-ring (bicyclic) bond motifs is 3. The molecule has 3 aromatic carbocycles. The van der Waals surface area contributed by atoms with E-state index in [-0.39, 0.29) is 61.5 Å². The third kappa shape index (κ3) is 26.4. The topological polar surface area (TPSA) is 245 Å². The standard InChI is InChI=1S/C22H26ClN5O2.C22H24ClN5O.C14H16ClN3O2.C8H11ClN2.C2H5I.CH2I2.CH4.HI/c1-28(13-16-12-17(23)7-10-19(16)24)14-21-26-27-22(30-21)15-5-8-18(9-6-15)29-20-4-2-3-11-25-20;1-27-13-16-12-17(23)7-10-19(16)28-20(14-27)25-26-22(28)15-5-8-18(9-6-15)29-21-4-2-3-11-24-21;15-9-13-17-18-14(20-13)10-4-6-11(7-5-10)19-12-3-1-2-8-16-12;1-11-5-6-4-7(9)2-3-8(6)10;1-2-3;2-1-3;;/h2-4,7,10-12,15,18H,5-6,8-9,13-14,24H2,1H3;2-4,7,10-12,15,18H,5-6,8-9,13-14H2,1H3;1-3,8,10-11H,4-7,9H2;2-4,11H,5,10H2,1H3;2H2,1H3;1H2;1H4;1H. The van der Waals surface area contributed by atoms with E-state index in [9.17, 15) is 0 Å². The van der Waals surface area contributed by atoms with Crippen molar-refractivity contribution in [3.8, 4) is 23.3 Å². The molecule has 28 heteroatoms. The number of hydrogen-bond donors (Lipinski definition) is 3. The second kappa shape index (κ2) is 44.1. The Morgan fingerprint density at radius 1 is 0.571 bits per heavy atom. The number of ether oxygens (including phenoxy) is 3. The molecule has 9 aromatic rings. The van der Waals surface area contributed by atoms with Gasteiger partial charge in [-0.25, -0.2) is 15.0 Å². The van der Waals surface area contributed by atoms with Gasteiger partial charge in [0.15, 0.2) is 5.82 Å². The number of hydrogen-bond acceptors (Lipinski definition) is 19. The molecule has 0 radical (unpaired) electrons. The Balaban J connectivity index is 0.000000208. The lowest BCUT2D eigenvalue weighted by Gasteiger charge is -2.28. The molecule has 1 aliphatic heterocycles. The molecule has 0 amide bonds. The van der Waals surface area contributed by atoms with E-state index in [0.717, 1.165) is 152 Å². The first-order valence-electron chi connectivity index (χ1n) is 32.1. The summed E-state index contributed by atoms with van der Waals surface area (Å²) in [5.74, 6) is 7.93. The summed E-state index contributed by atoms with van der Waals surface area (Å²) in [6.07, 6.45) is 17.7. The van der Waals surface area contributed by atoms with E-state index < -0.39 is 0 Å². The molecule has 13 rings (SSSR count). The normalized spacial score (nSPS) is 18.4. The van der Waals surface area contributed by atoms with Crippen LogP contribution in [-0.2, 0) is 38.6 Å². The van der Waals surface area contributed by atoms with Crippen molar-refractivity contribution in [2.75, 3.05) is 39.5 Å². The number of halogens is 8. The number of pyridine rings is 3. The van der Waals surface area contributed by atoms with Crippen LogP contribution >= 0.6 is 138 Å². The average Bonchev–Trinajstić information content (AvgIpc) is 1.61. The third-order valence-electron chi connectivity index (χ3n) is 16.3. The van der Waals surface area contributed by atoms with E-state index in [1.165, 1.54) is 12.4 Å². The van der Waals surface area contributed by atoms with Crippen molar-refractivity contribution in [1.82, 2.24) is 65.2 Å². The van der Waals surface area contributed by atoms with Gasteiger partial charge in [-0.05, 0) is 192 Å². The lowest BCUT2D eigenvalue weighted by molar-refractivity contribution is 0.134. The molecule has 0 atom stereocenters. The molecule has 5 N–H and O–H groups in total. The van der Waals surface area contributed by atoms with Crippen LogP contribution in [0.15, 0.2) is 137 Å². The minimum absolute atomic E-state index is 0. The molecule has 0 saturated heterocycles. The van der Waals surface area contributed by atoms with E-state index in [0.29, 0.717) is 65.3 Å². The van der Waals surface area contributed by atoms with E-state index in [1.54, 1.807) is 30.7 Å². The maximum absolute atomic E-state index is 6.27. The fourth-order valence-electron chi connectivity index (χ4n) is 11.7. The first-order valence-corrected chi connectivity index (χ1v) is 38.3. The molecule has 530 valence electrons. The van der Waals surface area contributed by atoms with E-state index in [4.69, 9.17) is 80.9 Å². The molecule has 3 saturated carbocycles. The lowest BCUT2D eigenvalue weighted by atomic mass is 9.86. The number of rotatable bonds is 16. The first-order chi connectivity index (χ1) is 46.6. The summed E-state index contributed by atoms with van der Waals surface area (Å²) in [5, 5.41) is 30.9. The zero-order chi connectivity index (χ0) is 68.2. The summed E-state index contributed by atoms with van der Waals surface area (Å²) in [4.78, 5) is 17.0. The Morgan fingerprint density at radius 2 is 1.01 bits per heavy atom. The average molecular weight is 1870 g/mol. The number of nitrogens with one attached hydrogen (secondary N) is 1. The smallest absolute Gasteiger partial charge is 0.231 e. The Morgan fingerprint density at radius 3 is 1.47 bits per heavy atom. The van der Waals surface area contributed by atoms with Crippen molar-refractivity contribution < 1.29 is 23.0 Å². The Bertz CT molecular complexity index is 3700. The second-order valence-electron chi connectivity index (χ2n) is 23.5. The largest absolute Gasteiger partial charge is 0.474 e. The van der Waals surface area contributed by atoms with Crippen LogP contribution in [0.2, 0.25) is 15.1 Å². The number of nitrogens with two attached hydrogens (primary N) is 2. The molecule has 3 aliphatic carbocycles. The van der Waals surface area contributed by atoms with Crippen molar-refractivity contribution in [3.63, 3.8) is 0 Å². The van der Waals surface area contributed by atoms with Crippen LogP contribution in [0.1, 0.15) is 161 Å². The van der Waals surface area contributed by atoms with E-state index in [2.05, 4.69) is 159 Å². The Kier molecular flexibility index (Phi) is 37.1. The fraction of sp³-hybridized carbons (Fsp3) is 0.443. The van der Waals surface area contributed by atoms with Crippen LogP contribution < -0.4 is 31.0 Å². The second-order valence-corrected chi connectivity index (χ2v) is 31.0. The molecular formula is C70H89Cl4I4N15O5. The molecule has 4 aliphatic rings. The van der Waals surface area contributed by atoms with Gasteiger partial charge in [-0.3, -0.25) is 14.4 Å². The molecule has 0 bridgehead atoms. The number of nitrogens with zero attached hydrogens (tertiary/aromatic N) is 12. The van der Waals surface area contributed by atoms with Gasteiger partial charge in [-0.2, -0.15) is 0 Å². The SMILES string of the molecule is C.CCI.CN(Cc1nnc(C2CCC(Oc3ccccn3)CC2)o1)Cc1cc(Cl)ccc1N.CN1Cc2cc(Cl)ccc2-n2c(nnc2C2CCC(Oc3ccccn3)CC2)C1.CNCc1cc(Cl)ccc1N.ClCc1nnc(C2CCC(Oc3ccccn3)CC2)o1.I.ICI. The van der Waals surface area contributed by atoms with E-state index >= 15 is 0 Å². The highest BCUT2D eigenvalue weighted by molar-refractivity contribution is 14.2. The molecular weight excluding hydrogens is 1780 g/mol. The summed E-state index contributed by atoms with van der Waals surface area (Å²) >= 11 is 30.6. The quantitative estimate of drug-likeness (QED) is 0.0462. The number of anilines is 2. The number of nitrogen functional groups attached to an aromatic ring is 2. The van der Waals surface area contributed by atoms with Crippen LogP contribution in [0.3, 0.4) is 0 Å². The van der Waals surface area contributed by atoms with Crippen molar-refractivity contribution >= 4 is 150 Å². The molecule has 6 aromatic heterocycles. The maximum Gasteiger partial charge on any atom is 0.231 e. The van der Waals surface area contributed by atoms with Gasteiger partial charge < -0.3 is 39.8 Å². The Labute approximate surface area is 654 Å². The highest BCUT2D eigenvalue weighted by Crippen LogP contribution is 2.39. The summed E-state index contributed by atoms with van der Waals surface area (Å²) in [6.45, 7) is 5.70. The maximum atomic E-state index is 6.27. The van der Waals surface area contributed by atoms with Gasteiger partial charge in [0.1, 0.15) is 30.0 Å². The van der Waals surface area contributed by atoms with Crippen LogP contribution in [0.25, 0.3) is 5.69 Å². The third-order valence-corrected chi connectivity index (χ3v) is 17.2. The zero-order valence-electron chi connectivity index (χ0n) is 54.8. The van der Waals surface area contributed by atoms with Gasteiger partial charge in [0.05, 0.1) is 21.2 Å². The van der Waals surface area contributed by atoms with Gasteiger partial charge in [-0.15, -0.1) is 66.2 Å². The molecule has 0 unspecified atom stereocenters. The summed E-state index contributed by atoms with van der Waals surface area (Å²) in [7, 11) is 5.97. The minimum Gasteiger partial charge on any atom is -0.474 e. The van der Waals surface area contributed by atoms with Gasteiger partial charge in [0.25, 0.3) is 0 Å². The summed E-state index contributed by atoms with van der Waals surface area (Å²) in [6, 6.07) is 34.3. The van der Waals surface area contributed by atoms with Gasteiger partial charge >= 0.3 is 0 Å².